The molecular formula is C14H16O3S. The Kier molecular flexibility index (Phi) is 4.07. The number of carboxylic acids is 1. The van der Waals surface area contributed by atoms with Gasteiger partial charge in [-0.15, -0.1) is 11.8 Å². The minimum Gasteiger partial charge on any atom is -0.481 e. The molecule has 0 amide bonds. The number of benzene rings is 1. The van der Waals surface area contributed by atoms with Gasteiger partial charge in [-0.25, -0.2) is 0 Å². The first-order chi connectivity index (χ1) is 8.58. The summed E-state index contributed by atoms with van der Waals surface area (Å²) in [7, 11) is 0. The summed E-state index contributed by atoms with van der Waals surface area (Å²) in [4.78, 5) is 23.5. The van der Waals surface area contributed by atoms with Crippen LogP contribution in [0.15, 0.2) is 23.1 Å². The van der Waals surface area contributed by atoms with E-state index < -0.39 is 5.97 Å². The zero-order valence-electron chi connectivity index (χ0n) is 10.3. The van der Waals surface area contributed by atoms with Gasteiger partial charge in [0.25, 0.3) is 0 Å². The van der Waals surface area contributed by atoms with Crippen LogP contribution in [0, 0.1) is 0 Å². The van der Waals surface area contributed by atoms with Gasteiger partial charge >= 0.3 is 5.97 Å². The largest absolute Gasteiger partial charge is 0.481 e. The third kappa shape index (κ3) is 2.93. The van der Waals surface area contributed by atoms with Gasteiger partial charge in [0, 0.05) is 10.5 Å². The van der Waals surface area contributed by atoms with Crippen molar-refractivity contribution < 1.29 is 14.7 Å². The van der Waals surface area contributed by atoms with Gasteiger partial charge in [0.05, 0.1) is 6.42 Å². The van der Waals surface area contributed by atoms with Crippen molar-refractivity contribution >= 4 is 23.5 Å². The van der Waals surface area contributed by atoms with E-state index in [2.05, 4.69) is 0 Å². The number of carbonyl (C=O) groups excluding carboxylic acids is 1. The van der Waals surface area contributed by atoms with Crippen molar-refractivity contribution in [3.05, 3.63) is 29.3 Å². The molecule has 0 saturated carbocycles. The average molecular weight is 264 g/mol. The van der Waals surface area contributed by atoms with Gasteiger partial charge in [-0.1, -0.05) is 6.07 Å². The highest BCUT2D eigenvalue weighted by molar-refractivity contribution is 7.99. The van der Waals surface area contributed by atoms with Gasteiger partial charge in [0.1, 0.15) is 0 Å². The van der Waals surface area contributed by atoms with E-state index >= 15 is 0 Å². The predicted octanol–water partition coefficient (Wildman–Crippen LogP) is 3.33. The lowest BCUT2D eigenvalue weighted by atomic mass is 9.90. The molecule has 0 bridgehead atoms. The fourth-order valence-electron chi connectivity index (χ4n) is 2.31. The van der Waals surface area contributed by atoms with Crippen molar-refractivity contribution in [3.63, 3.8) is 0 Å². The Morgan fingerprint density at radius 3 is 2.89 bits per heavy atom. The van der Waals surface area contributed by atoms with E-state index in [-0.39, 0.29) is 18.1 Å². The first kappa shape index (κ1) is 13.1. The van der Waals surface area contributed by atoms with Gasteiger partial charge in [0.2, 0.25) is 0 Å². The van der Waals surface area contributed by atoms with Crippen LogP contribution < -0.4 is 0 Å². The normalized spacial score (nSPS) is 18.8. The molecule has 96 valence electrons. The number of carbonyl (C=O) groups is 2. The summed E-state index contributed by atoms with van der Waals surface area (Å²) in [6, 6.07) is 5.66. The molecule has 1 aromatic carbocycles. The number of Topliss-reactive ketones (excluding diaryl/α,β-unsaturated/α-hetero) is 1. The molecule has 2 rings (SSSR count). The number of thioether (sulfide) groups is 1. The molecule has 0 radical (unpaired) electrons. The maximum absolute atomic E-state index is 11.4. The highest BCUT2D eigenvalue weighted by atomic mass is 32.2. The van der Waals surface area contributed by atoms with Gasteiger partial charge < -0.3 is 5.11 Å². The molecule has 18 heavy (non-hydrogen) atoms. The fraction of sp³-hybridized carbons (Fsp3) is 0.429. The number of hydrogen-bond acceptors (Lipinski definition) is 3. The predicted molar refractivity (Wildman–Crippen MR) is 71.4 cm³/mol. The second kappa shape index (κ2) is 5.57. The smallest absolute Gasteiger partial charge is 0.303 e. The zero-order chi connectivity index (χ0) is 13.1. The quantitative estimate of drug-likeness (QED) is 0.851. The molecule has 4 heteroatoms. The number of hydrogen-bond donors (Lipinski definition) is 1. The maximum atomic E-state index is 11.4. The zero-order valence-corrected chi connectivity index (χ0v) is 11.1. The summed E-state index contributed by atoms with van der Waals surface area (Å²) in [5.74, 6) is 0.307. The van der Waals surface area contributed by atoms with Crippen molar-refractivity contribution in [2.24, 2.45) is 0 Å². The van der Waals surface area contributed by atoms with Crippen LogP contribution in [0.5, 0.6) is 0 Å². The summed E-state index contributed by atoms with van der Waals surface area (Å²) in [6.45, 7) is 1.54. The third-order valence-corrected chi connectivity index (χ3v) is 4.41. The monoisotopic (exact) mass is 264 g/mol. The SMILES string of the molecule is CC(=O)c1ccc2c(c1)C(CC(=O)O)CCCS2. The van der Waals surface area contributed by atoms with Crippen molar-refractivity contribution in [1.29, 1.82) is 0 Å². The van der Waals surface area contributed by atoms with Crippen LogP contribution in [0.2, 0.25) is 0 Å². The van der Waals surface area contributed by atoms with E-state index in [1.165, 1.54) is 6.92 Å². The number of fused-ring (bicyclic) bond motifs is 1. The van der Waals surface area contributed by atoms with Gasteiger partial charge in [-0.3, -0.25) is 9.59 Å². The second-order valence-electron chi connectivity index (χ2n) is 4.59. The van der Waals surface area contributed by atoms with Crippen LogP contribution in [0.3, 0.4) is 0 Å². The topological polar surface area (TPSA) is 54.4 Å². The highest BCUT2D eigenvalue weighted by Crippen LogP contribution is 2.38. The Hall–Kier alpha value is -1.29. The Bertz CT molecular complexity index is 482. The standard InChI is InChI=1S/C14H16O3S/c1-9(15)10-4-5-13-12(7-10)11(8-14(16)17)3-2-6-18-13/h4-5,7,11H,2-3,6,8H2,1H3,(H,16,17). The molecular weight excluding hydrogens is 248 g/mol. The van der Waals surface area contributed by atoms with E-state index in [0.29, 0.717) is 5.56 Å². The third-order valence-electron chi connectivity index (χ3n) is 3.23. The number of rotatable bonds is 3. The Balaban J connectivity index is 2.40. The lowest BCUT2D eigenvalue weighted by Gasteiger charge is -2.15. The van der Waals surface area contributed by atoms with Crippen LogP contribution in [-0.4, -0.2) is 22.6 Å². The van der Waals surface area contributed by atoms with Crippen LogP contribution in [-0.2, 0) is 4.79 Å². The lowest BCUT2D eigenvalue weighted by molar-refractivity contribution is -0.137. The second-order valence-corrected chi connectivity index (χ2v) is 5.73. The summed E-state index contributed by atoms with van der Waals surface area (Å²) >= 11 is 1.76. The van der Waals surface area contributed by atoms with Crippen molar-refractivity contribution in [2.75, 3.05) is 5.75 Å². The lowest BCUT2D eigenvalue weighted by Crippen LogP contribution is -2.07. The average Bonchev–Trinajstić information content (AvgIpc) is 2.50. The molecule has 0 aromatic heterocycles. The van der Waals surface area contributed by atoms with E-state index in [0.717, 1.165) is 29.1 Å². The number of carboxylic acid groups (broad SMARTS) is 1. The molecule has 1 heterocycles. The summed E-state index contributed by atoms with van der Waals surface area (Å²) in [5.41, 5.74) is 1.71. The molecule has 3 nitrogen and oxygen atoms in total. The van der Waals surface area contributed by atoms with Crippen molar-refractivity contribution in [2.45, 2.75) is 37.0 Å². The molecule has 1 aromatic rings. The van der Waals surface area contributed by atoms with Gasteiger partial charge in [0.15, 0.2) is 5.78 Å². The Labute approximate surface area is 111 Å². The molecule has 0 saturated heterocycles. The van der Waals surface area contributed by atoms with E-state index in [9.17, 15) is 9.59 Å². The van der Waals surface area contributed by atoms with Crippen LogP contribution in [0.4, 0.5) is 0 Å². The van der Waals surface area contributed by atoms with Gasteiger partial charge in [-0.05, 0) is 49.1 Å². The maximum Gasteiger partial charge on any atom is 0.303 e. The van der Waals surface area contributed by atoms with Crippen molar-refractivity contribution in [3.8, 4) is 0 Å². The number of aliphatic carboxylic acids is 1. The molecule has 0 fully saturated rings. The van der Waals surface area contributed by atoms with Crippen LogP contribution in [0.25, 0.3) is 0 Å². The number of ketones is 1. The van der Waals surface area contributed by atoms with E-state index in [1.54, 1.807) is 11.8 Å². The molecule has 0 spiro atoms. The minimum atomic E-state index is -0.772. The molecule has 1 atom stereocenters. The molecule has 1 aliphatic heterocycles. The molecule has 1 N–H and O–H groups in total. The Morgan fingerprint density at radius 2 is 2.22 bits per heavy atom. The van der Waals surface area contributed by atoms with E-state index in [4.69, 9.17) is 5.11 Å². The summed E-state index contributed by atoms with van der Waals surface area (Å²) < 4.78 is 0. The summed E-state index contributed by atoms with van der Waals surface area (Å²) in [5, 5.41) is 8.99. The molecule has 0 aliphatic carbocycles. The van der Waals surface area contributed by atoms with Gasteiger partial charge in [-0.2, -0.15) is 0 Å². The summed E-state index contributed by atoms with van der Waals surface area (Å²) in [6.07, 6.45) is 2.05. The van der Waals surface area contributed by atoms with Crippen LogP contribution in [0.1, 0.15) is 48.0 Å². The van der Waals surface area contributed by atoms with Crippen LogP contribution >= 0.6 is 11.8 Å². The van der Waals surface area contributed by atoms with E-state index in [1.807, 2.05) is 18.2 Å². The Morgan fingerprint density at radius 1 is 1.44 bits per heavy atom. The van der Waals surface area contributed by atoms with Crippen molar-refractivity contribution in [1.82, 2.24) is 0 Å². The first-order valence-corrected chi connectivity index (χ1v) is 7.06. The highest BCUT2D eigenvalue weighted by Gasteiger charge is 2.22. The fourth-order valence-corrected chi connectivity index (χ4v) is 3.40. The molecule has 1 unspecified atom stereocenters. The minimum absolute atomic E-state index is 0.0288. The molecule has 1 aliphatic rings. The first-order valence-electron chi connectivity index (χ1n) is 6.07.